The quantitative estimate of drug-likeness (QED) is 0.364. The number of benzene rings is 3. The Bertz CT molecular complexity index is 1330. The van der Waals surface area contributed by atoms with Gasteiger partial charge in [0.2, 0.25) is 0 Å². The first kappa shape index (κ1) is 16.9. The van der Waals surface area contributed by atoms with E-state index in [0.29, 0.717) is 5.82 Å². The lowest BCUT2D eigenvalue weighted by Gasteiger charge is -2.09. The Labute approximate surface area is 167 Å². The van der Waals surface area contributed by atoms with Crippen LogP contribution in [0.25, 0.3) is 33.3 Å². The number of anilines is 1. The van der Waals surface area contributed by atoms with Gasteiger partial charge in [-0.25, -0.2) is 9.97 Å². The molecule has 0 saturated carbocycles. The molecule has 1 N–H and O–H groups in total. The van der Waals surface area contributed by atoms with Crippen molar-refractivity contribution in [1.29, 1.82) is 0 Å². The highest BCUT2D eigenvalue weighted by Gasteiger charge is 2.10. The Morgan fingerprint density at radius 2 is 1.41 bits per heavy atom. The second kappa shape index (κ2) is 7.44. The highest BCUT2D eigenvalue weighted by atomic mass is 15.3. The molecule has 0 aliphatic rings. The summed E-state index contributed by atoms with van der Waals surface area (Å²) >= 11 is 0. The Balaban J connectivity index is 1.55. The molecule has 0 spiro atoms. The van der Waals surface area contributed by atoms with Crippen LogP contribution in [0, 0.1) is 0 Å². The van der Waals surface area contributed by atoms with E-state index in [1.807, 2.05) is 72.8 Å². The SMILES string of the molecule is C(=N\Nc1nc2ccccc2nc1-c1ccccc1)/c1cccc2nccnc12. The molecule has 0 aliphatic heterocycles. The summed E-state index contributed by atoms with van der Waals surface area (Å²) in [5.74, 6) is 0.595. The highest BCUT2D eigenvalue weighted by molar-refractivity contribution is 5.96. The molecular formula is C23H16N6. The summed E-state index contributed by atoms with van der Waals surface area (Å²) in [5, 5.41) is 4.41. The average Bonchev–Trinajstić information content (AvgIpc) is 2.79. The molecule has 0 amide bonds. The zero-order chi connectivity index (χ0) is 19.5. The summed E-state index contributed by atoms with van der Waals surface area (Å²) in [6.07, 6.45) is 5.08. The Kier molecular flexibility index (Phi) is 4.35. The van der Waals surface area contributed by atoms with E-state index in [-0.39, 0.29) is 0 Å². The van der Waals surface area contributed by atoms with Crippen molar-refractivity contribution in [2.24, 2.45) is 5.10 Å². The highest BCUT2D eigenvalue weighted by Crippen LogP contribution is 2.26. The van der Waals surface area contributed by atoms with Gasteiger partial charge in [-0.05, 0) is 18.2 Å². The molecule has 0 bridgehead atoms. The van der Waals surface area contributed by atoms with Gasteiger partial charge >= 0.3 is 0 Å². The molecule has 0 radical (unpaired) electrons. The van der Waals surface area contributed by atoms with Gasteiger partial charge in [-0.1, -0.05) is 54.6 Å². The van der Waals surface area contributed by atoms with Gasteiger partial charge in [-0.15, -0.1) is 0 Å². The summed E-state index contributed by atoms with van der Waals surface area (Å²) in [4.78, 5) is 18.3. The number of rotatable bonds is 4. The fourth-order valence-corrected chi connectivity index (χ4v) is 3.16. The summed E-state index contributed by atoms with van der Waals surface area (Å²) in [5.41, 5.74) is 8.93. The second-order valence-corrected chi connectivity index (χ2v) is 6.42. The van der Waals surface area contributed by atoms with E-state index in [0.717, 1.165) is 38.9 Å². The van der Waals surface area contributed by atoms with Crippen LogP contribution in [0.1, 0.15) is 5.56 Å². The maximum absolute atomic E-state index is 4.80. The molecule has 29 heavy (non-hydrogen) atoms. The van der Waals surface area contributed by atoms with Gasteiger partial charge < -0.3 is 0 Å². The number of nitrogens with one attached hydrogen (secondary N) is 1. The minimum absolute atomic E-state index is 0.595. The topological polar surface area (TPSA) is 76.0 Å². The van der Waals surface area contributed by atoms with E-state index in [4.69, 9.17) is 9.97 Å². The van der Waals surface area contributed by atoms with E-state index in [9.17, 15) is 0 Å². The third-order valence-electron chi connectivity index (χ3n) is 4.52. The van der Waals surface area contributed by atoms with E-state index in [1.165, 1.54) is 0 Å². The van der Waals surface area contributed by atoms with Gasteiger partial charge in [0.05, 0.1) is 28.3 Å². The molecule has 138 valence electrons. The van der Waals surface area contributed by atoms with Gasteiger partial charge in [-0.2, -0.15) is 5.10 Å². The Morgan fingerprint density at radius 3 is 2.28 bits per heavy atom. The predicted octanol–water partition coefficient (Wildman–Crippen LogP) is 4.69. The molecule has 6 nitrogen and oxygen atoms in total. The minimum atomic E-state index is 0.595. The molecule has 5 aromatic rings. The molecule has 5 rings (SSSR count). The first-order chi connectivity index (χ1) is 14.4. The van der Waals surface area contributed by atoms with Crippen LogP contribution in [0.4, 0.5) is 5.82 Å². The lowest BCUT2D eigenvalue weighted by Crippen LogP contribution is -2.00. The second-order valence-electron chi connectivity index (χ2n) is 6.42. The maximum Gasteiger partial charge on any atom is 0.173 e. The lowest BCUT2D eigenvalue weighted by atomic mass is 10.1. The van der Waals surface area contributed by atoms with Crippen molar-refractivity contribution in [2.75, 3.05) is 5.43 Å². The van der Waals surface area contributed by atoms with Gasteiger partial charge in [-0.3, -0.25) is 15.4 Å². The van der Waals surface area contributed by atoms with Gasteiger partial charge in [0.1, 0.15) is 5.69 Å². The third kappa shape index (κ3) is 3.39. The van der Waals surface area contributed by atoms with E-state index in [1.54, 1.807) is 18.6 Å². The van der Waals surface area contributed by atoms with Crippen LogP contribution >= 0.6 is 0 Å². The molecule has 0 aliphatic carbocycles. The number of aromatic nitrogens is 4. The average molecular weight is 376 g/mol. The number of para-hydroxylation sites is 3. The van der Waals surface area contributed by atoms with Crippen LogP contribution in [0.2, 0.25) is 0 Å². The van der Waals surface area contributed by atoms with Crippen LogP contribution in [-0.2, 0) is 0 Å². The molecule has 0 saturated heterocycles. The zero-order valence-corrected chi connectivity index (χ0v) is 15.4. The van der Waals surface area contributed by atoms with E-state index in [2.05, 4.69) is 20.5 Å². The molecule has 0 unspecified atom stereocenters. The van der Waals surface area contributed by atoms with Crippen molar-refractivity contribution < 1.29 is 0 Å². The van der Waals surface area contributed by atoms with Crippen molar-refractivity contribution in [3.63, 3.8) is 0 Å². The van der Waals surface area contributed by atoms with Crippen LogP contribution in [0.15, 0.2) is 90.3 Å². The fraction of sp³-hybridized carbons (Fsp3) is 0. The molecular weight excluding hydrogens is 360 g/mol. The smallest absolute Gasteiger partial charge is 0.173 e. The number of fused-ring (bicyclic) bond motifs is 2. The minimum Gasteiger partial charge on any atom is -0.260 e. The van der Waals surface area contributed by atoms with Crippen molar-refractivity contribution in [3.8, 4) is 11.3 Å². The number of hydrogen-bond acceptors (Lipinski definition) is 6. The van der Waals surface area contributed by atoms with E-state index >= 15 is 0 Å². The maximum atomic E-state index is 4.80. The first-order valence-electron chi connectivity index (χ1n) is 9.19. The first-order valence-corrected chi connectivity index (χ1v) is 9.19. The van der Waals surface area contributed by atoms with Gasteiger partial charge in [0, 0.05) is 23.5 Å². The zero-order valence-electron chi connectivity index (χ0n) is 15.4. The number of hydrogen-bond donors (Lipinski definition) is 1. The summed E-state index contributed by atoms with van der Waals surface area (Å²) < 4.78 is 0. The molecule has 3 aromatic carbocycles. The van der Waals surface area contributed by atoms with Crippen LogP contribution in [0.5, 0.6) is 0 Å². The Morgan fingerprint density at radius 1 is 0.690 bits per heavy atom. The van der Waals surface area contributed by atoms with Crippen LogP contribution < -0.4 is 5.43 Å². The van der Waals surface area contributed by atoms with Crippen molar-refractivity contribution in [2.45, 2.75) is 0 Å². The largest absolute Gasteiger partial charge is 0.260 e. The molecule has 2 aromatic heterocycles. The van der Waals surface area contributed by atoms with Gasteiger partial charge in [0.15, 0.2) is 5.82 Å². The summed E-state index contributed by atoms with van der Waals surface area (Å²) in [7, 11) is 0. The standard InChI is InChI=1S/C23H16N6/c1-2-7-16(8-3-1)22-23(28-19-11-5-4-10-18(19)27-22)29-26-15-17-9-6-12-20-21(17)25-14-13-24-20/h1-15H,(H,28,29)/b26-15+. The van der Waals surface area contributed by atoms with Gasteiger partial charge in [0.25, 0.3) is 0 Å². The number of hydrazone groups is 1. The molecule has 0 fully saturated rings. The van der Waals surface area contributed by atoms with Crippen molar-refractivity contribution in [1.82, 2.24) is 19.9 Å². The van der Waals surface area contributed by atoms with Crippen LogP contribution in [-0.4, -0.2) is 26.2 Å². The molecule has 2 heterocycles. The Hall–Kier alpha value is -4.19. The van der Waals surface area contributed by atoms with E-state index < -0.39 is 0 Å². The predicted molar refractivity (Wildman–Crippen MR) is 116 cm³/mol. The van der Waals surface area contributed by atoms with Crippen molar-refractivity contribution in [3.05, 3.63) is 90.8 Å². The lowest BCUT2D eigenvalue weighted by molar-refractivity contribution is 1.22. The fourth-order valence-electron chi connectivity index (χ4n) is 3.16. The normalized spacial score (nSPS) is 11.3. The van der Waals surface area contributed by atoms with Crippen LogP contribution in [0.3, 0.4) is 0 Å². The number of nitrogens with zero attached hydrogens (tertiary/aromatic N) is 5. The molecule has 0 atom stereocenters. The monoisotopic (exact) mass is 376 g/mol. The molecule has 6 heteroatoms. The summed E-state index contributed by atoms with van der Waals surface area (Å²) in [6.45, 7) is 0. The third-order valence-corrected chi connectivity index (χ3v) is 4.52. The van der Waals surface area contributed by atoms with Crippen molar-refractivity contribution >= 4 is 34.1 Å². The summed E-state index contributed by atoms with van der Waals surface area (Å²) in [6, 6.07) is 23.6.